The Morgan fingerprint density at radius 2 is 2.00 bits per heavy atom. The lowest BCUT2D eigenvalue weighted by atomic mass is 10.3. The number of nitrogens with zero attached hydrogens (tertiary/aromatic N) is 3. The molecule has 0 radical (unpaired) electrons. The molecule has 1 aliphatic rings. The van der Waals surface area contributed by atoms with Crippen LogP contribution in [0.4, 0.5) is 24.8 Å². The maximum atomic E-state index is 12.7. The highest BCUT2D eigenvalue weighted by Gasteiger charge is 2.35. The molecule has 1 saturated carbocycles. The number of nitrogens with one attached hydrogen (secondary N) is 2. The molecule has 1 aromatic rings. The summed E-state index contributed by atoms with van der Waals surface area (Å²) >= 11 is 0. The van der Waals surface area contributed by atoms with Crippen LogP contribution in [0.2, 0.25) is 0 Å². The average Bonchev–Trinajstić information content (AvgIpc) is 3.27. The van der Waals surface area contributed by atoms with E-state index in [1.807, 2.05) is 14.0 Å². The molecular formula is C12H19F3N6. The molecule has 21 heavy (non-hydrogen) atoms. The lowest BCUT2D eigenvalue weighted by Gasteiger charge is -2.25. The van der Waals surface area contributed by atoms with Crippen molar-refractivity contribution in [1.29, 1.82) is 0 Å². The zero-order valence-electron chi connectivity index (χ0n) is 11.9. The summed E-state index contributed by atoms with van der Waals surface area (Å²) in [5, 5.41) is 2.91. The molecule has 1 unspecified atom stereocenters. The molecule has 9 heteroatoms. The number of aromatic nitrogens is 2. The van der Waals surface area contributed by atoms with Crippen LogP contribution >= 0.6 is 0 Å². The van der Waals surface area contributed by atoms with Crippen LogP contribution in [-0.2, 0) is 6.18 Å². The number of rotatable bonds is 6. The molecule has 0 amide bonds. The van der Waals surface area contributed by atoms with Gasteiger partial charge in [-0.05, 0) is 26.8 Å². The predicted molar refractivity (Wildman–Crippen MR) is 73.6 cm³/mol. The van der Waals surface area contributed by atoms with Crippen LogP contribution in [0.1, 0.15) is 25.6 Å². The van der Waals surface area contributed by atoms with Gasteiger partial charge in [0.15, 0.2) is 0 Å². The number of halogens is 3. The summed E-state index contributed by atoms with van der Waals surface area (Å²) in [6, 6.07) is 2.12. The van der Waals surface area contributed by atoms with Gasteiger partial charge in [-0.1, -0.05) is 0 Å². The van der Waals surface area contributed by atoms with E-state index in [2.05, 4.69) is 25.6 Å². The van der Waals surface area contributed by atoms with Crippen LogP contribution < -0.4 is 16.6 Å². The van der Waals surface area contributed by atoms with Crippen LogP contribution in [0.5, 0.6) is 0 Å². The van der Waals surface area contributed by atoms with Gasteiger partial charge in [0, 0.05) is 24.7 Å². The molecule has 1 aromatic heterocycles. The Balaban J connectivity index is 2.04. The lowest BCUT2D eigenvalue weighted by molar-refractivity contribution is -0.144. The van der Waals surface area contributed by atoms with E-state index in [9.17, 15) is 13.2 Å². The van der Waals surface area contributed by atoms with Crippen LogP contribution in [0.25, 0.3) is 0 Å². The fourth-order valence-corrected chi connectivity index (χ4v) is 1.98. The van der Waals surface area contributed by atoms with Crippen molar-refractivity contribution in [3.05, 3.63) is 11.9 Å². The minimum absolute atomic E-state index is 0.0805. The Morgan fingerprint density at radius 3 is 2.52 bits per heavy atom. The molecule has 1 aliphatic carbocycles. The maximum Gasteiger partial charge on any atom is 0.451 e. The van der Waals surface area contributed by atoms with E-state index in [0.717, 1.165) is 0 Å². The molecule has 1 fully saturated rings. The fourth-order valence-electron chi connectivity index (χ4n) is 1.98. The Bertz CT molecular complexity index is 488. The van der Waals surface area contributed by atoms with Crippen molar-refractivity contribution in [3.63, 3.8) is 0 Å². The Kier molecular flexibility index (Phi) is 4.52. The number of nitrogens with two attached hydrogens (primary N) is 1. The van der Waals surface area contributed by atoms with Crippen LogP contribution in [0.3, 0.4) is 0 Å². The largest absolute Gasteiger partial charge is 0.451 e. The summed E-state index contributed by atoms with van der Waals surface area (Å²) in [5.74, 6) is 3.94. The maximum absolute atomic E-state index is 12.7. The predicted octanol–water partition coefficient (Wildman–Crippen LogP) is 1.68. The van der Waals surface area contributed by atoms with Crippen LogP contribution in [0.15, 0.2) is 6.07 Å². The van der Waals surface area contributed by atoms with Crippen molar-refractivity contribution in [2.45, 2.75) is 38.0 Å². The van der Waals surface area contributed by atoms with E-state index in [-0.39, 0.29) is 17.7 Å². The van der Waals surface area contributed by atoms with Gasteiger partial charge in [0.1, 0.15) is 11.6 Å². The van der Waals surface area contributed by atoms with E-state index in [1.165, 1.54) is 18.9 Å². The summed E-state index contributed by atoms with van der Waals surface area (Å²) < 4.78 is 38.1. The standard InChI is InChI=1S/C12H19F3N6/c1-7(21(2)8-3-4-8)6-17-9-5-10(20-16)19-11(18-9)12(13,14)15/h5,7-8H,3-4,6,16H2,1-2H3,(H2,17,18,19,20). The second kappa shape index (κ2) is 6.02. The minimum atomic E-state index is -4.61. The highest BCUT2D eigenvalue weighted by atomic mass is 19.4. The molecule has 0 aromatic carbocycles. The van der Waals surface area contributed by atoms with Gasteiger partial charge in [-0.3, -0.25) is 4.90 Å². The van der Waals surface area contributed by atoms with E-state index in [0.29, 0.717) is 12.6 Å². The fraction of sp³-hybridized carbons (Fsp3) is 0.667. The average molecular weight is 304 g/mol. The van der Waals surface area contributed by atoms with Gasteiger partial charge < -0.3 is 10.7 Å². The first kappa shape index (κ1) is 15.8. The van der Waals surface area contributed by atoms with Crippen molar-refractivity contribution in [2.75, 3.05) is 24.3 Å². The van der Waals surface area contributed by atoms with Crippen molar-refractivity contribution in [1.82, 2.24) is 14.9 Å². The van der Waals surface area contributed by atoms with Gasteiger partial charge >= 0.3 is 6.18 Å². The molecule has 6 nitrogen and oxygen atoms in total. The molecular weight excluding hydrogens is 285 g/mol. The number of hydrazine groups is 1. The van der Waals surface area contributed by atoms with Gasteiger partial charge in [0.2, 0.25) is 5.82 Å². The SMILES string of the molecule is CC(CNc1cc(NN)nc(C(F)(F)F)n1)N(C)C1CC1. The van der Waals surface area contributed by atoms with E-state index >= 15 is 0 Å². The Morgan fingerprint density at radius 1 is 1.38 bits per heavy atom. The smallest absolute Gasteiger partial charge is 0.368 e. The summed E-state index contributed by atoms with van der Waals surface area (Å²) in [6.07, 6.45) is -2.26. The van der Waals surface area contributed by atoms with E-state index < -0.39 is 12.0 Å². The third-order valence-corrected chi connectivity index (χ3v) is 3.52. The first-order chi connectivity index (χ1) is 9.81. The summed E-state index contributed by atoms with van der Waals surface area (Å²) in [6.45, 7) is 2.50. The normalized spacial score (nSPS) is 16.9. The third kappa shape index (κ3) is 4.18. The Hall–Kier alpha value is -1.61. The molecule has 4 N–H and O–H groups in total. The van der Waals surface area contributed by atoms with E-state index in [4.69, 9.17) is 5.84 Å². The van der Waals surface area contributed by atoms with Crippen molar-refractivity contribution in [3.8, 4) is 0 Å². The monoisotopic (exact) mass is 304 g/mol. The van der Waals surface area contributed by atoms with Gasteiger partial charge in [0.05, 0.1) is 0 Å². The van der Waals surface area contributed by atoms with Crippen molar-refractivity contribution in [2.24, 2.45) is 5.84 Å². The lowest BCUT2D eigenvalue weighted by Crippen LogP contribution is -2.36. The zero-order valence-corrected chi connectivity index (χ0v) is 11.9. The number of hydrogen-bond acceptors (Lipinski definition) is 6. The zero-order chi connectivity index (χ0) is 15.6. The summed E-state index contributed by atoms with van der Waals surface area (Å²) in [5.41, 5.74) is 2.12. The first-order valence-corrected chi connectivity index (χ1v) is 6.70. The van der Waals surface area contributed by atoms with Gasteiger partial charge in [-0.2, -0.15) is 13.2 Å². The number of nitrogen functional groups attached to an aromatic ring is 1. The molecule has 2 rings (SSSR count). The molecule has 0 aliphatic heterocycles. The Labute approximate surface area is 120 Å². The van der Waals surface area contributed by atoms with Gasteiger partial charge in [-0.25, -0.2) is 15.8 Å². The number of alkyl halides is 3. The van der Waals surface area contributed by atoms with Gasteiger partial charge in [-0.15, -0.1) is 0 Å². The number of hydrogen-bond donors (Lipinski definition) is 3. The summed E-state index contributed by atoms with van der Waals surface area (Å²) in [4.78, 5) is 8.99. The number of anilines is 2. The quantitative estimate of drug-likeness (QED) is 0.548. The first-order valence-electron chi connectivity index (χ1n) is 6.70. The topological polar surface area (TPSA) is 79.1 Å². The number of likely N-dealkylation sites (N-methyl/N-ethyl adjacent to an activating group) is 1. The van der Waals surface area contributed by atoms with Crippen molar-refractivity contribution < 1.29 is 13.2 Å². The van der Waals surface area contributed by atoms with Crippen molar-refractivity contribution >= 4 is 11.6 Å². The minimum Gasteiger partial charge on any atom is -0.368 e. The van der Waals surface area contributed by atoms with Crippen LogP contribution in [-0.4, -0.2) is 40.5 Å². The third-order valence-electron chi connectivity index (χ3n) is 3.52. The molecule has 0 saturated heterocycles. The summed E-state index contributed by atoms with van der Waals surface area (Å²) in [7, 11) is 2.01. The molecule has 1 heterocycles. The van der Waals surface area contributed by atoms with Crippen LogP contribution in [0, 0.1) is 0 Å². The molecule has 118 valence electrons. The second-order valence-electron chi connectivity index (χ2n) is 5.23. The molecule has 0 bridgehead atoms. The highest BCUT2D eigenvalue weighted by Crippen LogP contribution is 2.29. The van der Waals surface area contributed by atoms with E-state index in [1.54, 1.807) is 0 Å². The second-order valence-corrected chi connectivity index (χ2v) is 5.23. The molecule has 1 atom stereocenters. The van der Waals surface area contributed by atoms with Gasteiger partial charge in [0.25, 0.3) is 0 Å². The highest BCUT2D eigenvalue weighted by molar-refractivity contribution is 5.47. The molecule has 0 spiro atoms.